The molecule has 176 valence electrons. The van der Waals surface area contributed by atoms with Crippen molar-refractivity contribution in [2.75, 3.05) is 19.8 Å². The maximum atomic E-state index is 13.4. The van der Waals surface area contributed by atoms with E-state index in [1.54, 1.807) is 6.92 Å². The zero-order valence-corrected chi connectivity index (χ0v) is 18.1. The van der Waals surface area contributed by atoms with Gasteiger partial charge >= 0.3 is 0 Å². The molecule has 9 N–H and O–H groups in total. The van der Waals surface area contributed by atoms with Crippen molar-refractivity contribution in [1.82, 2.24) is 4.90 Å². The fourth-order valence-electron chi connectivity index (χ4n) is 5.64. The molecule has 33 heavy (non-hydrogen) atoms. The average molecular weight is 459 g/mol. The van der Waals surface area contributed by atoms with Gasteiger partial charge in [0.2, 0.25) is 5.78 Å². The van der Waals surface area contributed by atoms with Crippen LogP contribution in [0.2, 0.25) is 0 Å². The Balaban J connectivity index is 2.07. The zero-order valence-electron chi connectivity index (χ0n) is 18.1. The Kier molecular flexibility index (Phi) is 4.86. The number of rotatable bonds is 2. The van der Waals surface area contributed by atoms with Crippen molar-refractivity contribution in [1.29, 1.82) is 0 Å². The summed E-state index contributed by atoms with van der Waals surface area (Å²) < 4.78 is 0. The molecule has 0 saturated heterocycles. The first-order valence-corrected chi connectivity index (χ1v) is 10.2. The number of likely N-dealkylation sites (N-methyl/N-ethyl adjacent to an activating group) is 1. The Bertz CT molecular complexity index is 1190. The number of aliphatic hydroxyl groups is 4. The number of phenolic OH excluding ortho intramolecular Hbond substituents is 1. The van der Waals surface area contributed by atoms with Gasteiger partial charge in [0.1, 0.15) is 22.8 Å². The fraction of sp³-hybridized carbons (Fsp3) is 0.409. The lowest BCUT2D eigenvalue weighted by Crippen LogP contribution is -2.68. The van der Waals surface area contributed by atoms with Crippen molar-refractivity contribution in [2.24, 2.45) is 17.6 Å². The molecule has 11 nitrogen and oxygen atoms in total. The van der Waals surface area contributed by atoms with E-state index in [1.165, 1.54) is 31.1 Å². The molecule has 0 aliphatic heterocycles. The monoisotopic (exact) mass is 459 g/mol. The van der Waals surface area contributed by atoms with Crippen LogP contribution in [-0.2, 0) is 9.59 Å². The van der Waals surface area contributed by atoms with E-state index >= 15 is 0 Å². The number of phenols is 1. The lowest BCUT2D eigenvalue weighted by Gasteiger charge is -2.53. The summed E-state index contributed by atoms with van der Waals surface area (Å²) in [6, 6.07) is 1.63. The number of aliphatic hydroxyl groups excluding tert-OH is 3. The van der Waals surface area contributed by atoms with Crippen LogP contribution in [0.3, 0.4) is 0 Å². The number of Topliss-reactive ketones (excluding diaryl/α,β-unsaturated/α-hetero) is 2. The molecule has 3 aliphatic rings. The summed E-state index contributed by atoms with van der Waals surface area (Å²) in [7, 11) is 2.95. The fourth-order valence-corrected chi connectivity index (χ4v) is 5.64. The van der Waals surface area contributed by atoms with Crippen LogP contribution in [-0.4, -0.2) is 79.7 Å². The predicted molar refractivity (Wildman–Crippen MR) is 114 cm³/mol. The van der Waals surface area contributed by atoms with Gasteiger partial charge in [-0.3, -0.25) is 19.3 Å². The zero-order chi connectivity index (χ0) is 24.7. The van der Waals surface area contributed by atoms with Gasteiger partial charge in [-0.25, -0.2) is 0 Å². The van der Waals surface area contributed by atoms with Crippen molar-refractivity contribution in [3.8, 4) is 5.75 Å². The van der Waals surface area contributed by atoms with Crippen molar-refractivity contribution in [2.45, 2.75) is 30.6 Å². The first kappa shape index (κ1) is 22.8. The third kappa shape index (κ3) is 2.63. The van der Waals surface area contributed by atoms with E-state index in [1.807, 2.05) is 0 Å². The number of amides is 1. The van der Waals surface area contributed by atoms with Crippen LogP contribution in [0.5, 0.6) is 5.75 Å². The normalized spacial score (nSPS) is 33.7. The largest absolute Gasteiger partial charge is 0.510 e. The molecular formula is C22H25N3O8. The van der Waals surface area contributed by atoms with Gasteiger partial charge in [-0.15, -0.1) is 0 Å². The van der Waals surface area contributed by atoms with E-state index in [-0.39, 0.29) is 11.3 Å². The van der Waals surface area contributed by atoms with E-state index in [9.17, 15) is 39.9 Å². The van der Waals surface area contributed by atoms with Crippen LogP contribution in [0.25, 0.3) is 0 Å². The summed E-state index contributed by atoms with van der Waals surface area (Å²) in [5.74, 6) is -9.34. The molecule has 6 atom stereocenters. The highest BCUT2D eigenvalue weighted by molar-refractivity contribution is 6.25. The number of carbonyl (C=O) groups excluding carboxylic acids is 3. The van der Waals surface area contributed by atoms with Crippen molar-refractivity contribution in [3.63, 3.8) is 0 Å². The lowest BCUT2D eigenvalue weighted by atomic mass is 9.55. The van der Waals surface area contributed by atoms with E-state index in [0.717, 1.165) is 0 Å². The number of nitrogens with two attached hydrogens (primary N) is 2. The number of anilines is 1. The summed E-state index contributed by atoms with van der Waals surface area (Å²) >= 11 is 0. The van der Waals surface area contributed by atoms with Crippen LogP contribution in [0.4, 0.5) is 5.69 Å². The van der Waals surface area contributed by atoms with Gasteiger partial charge in [0.15, 0.2) is 11.4 Å². The quantitative estimate of drug-likeness (QED) is 0.167. The highest BCUT2D eigenvalue weighted by atomic mass is 16.4. The van der Waals surface area contributed by atoms with Crippen LogP contribution in [0, 0.1) is 11.8 Å². The number of hydrogen-bond acceptors (Lipinski definition) is 10. The summed E-state index contributed by atoms with van der Waals surface area (Å²) in [5.41, 5.74) is 6.72. The van der Waals surface area contributed by atoms with Gasteiger partial charge in [0, 0.05) is 11.5 Å². The Morgan fingerprint density at radius 2 is 1.76 bits per heavy atom. The van der Waals surface area contributed by atoms with Crippen LogP contribution < -0.4 is 11.5 Å². The summed E-state index contributed by atoms with van der Waals surface area (Å²) in [4.78, 5) is 40.0. The van der Waals surface area contributed by atoms with E-state index < -0.39 is 81.4 Å². The molecule has 1 aromatic carbocycles. The number of ketones is 2. The number of benzene rings is 1. The standard InChI is InChI=1S/C22H25N3O8/c1-6-7-4-5-8(23)15(26)10(7)16(27)11-9(6)17(28)13-14(25(2)3)18(29)12(21(24)32)20(31)22(13,33)19(11)30/h4-6,9,13-14,17,26,28-30,33H,23H2,1-3H3,(H2,24,32)/t6?,9?,13?,14-,17?,22?/m0/s1. The average Bonchev–Trinajstić information content (AvgIpc) is 2.72. The minimum atomic E-state index is -2.93. The first-order chi connectivity index (χ1) is 15.3. The number of nitrogens with zero attached hydrogens (tertiary/aromatic N) is 1. The molecular weight excluding hydrogens is 434 g/mol. The second-order valence-electron chi connectivity index (χ2n) is 9.02. The second-order valence-corrected chi connectivity index (χ2v) is 9.02. The molecule has 5 unspecified atom stereocenters. The molecule has 3 aliphatic carbocycles. The smallest absolute Gasteiger partial charge is 0.255 e. The van der Waals surface area contributed by atoms with Gasteiger partial charge in [-0.05, 0) is 31.6 Å². The molecule has 0 saturated carbocycles. The van der Waals surface area contributed by atoms with Gasteiger partial charge in [-0.2, -0.15) is 0 Å². The van der Waals surface area contributed by atoms with Gasteiger partial charge in [0.05, 0.1) is 29.3 Å². The number of fused-ring (bicyclic) bond motifs is 3. The third-order valence-electron chi connectivity index (χ3n) is 7.16. The molecule has 0 fully saturated rings. The predicted octanol–water partition coefficient (Wildman–Crippen LogP) is -0.765. The van der Waals surface area contributed by atoms with Crippen LogP contribution in [0.15, 0.2) is 34.8 Å². The number of nitrogen functional groups attached to an aromatic ring is 1. The molecule has 0 aromatic heterocycles. The van der Waals surface area contributed by atoms with E-state index in [0.29, 0.717) is 5.56 Å². The summed E-state index contributed by atoms with van der Waals surface area (Å²) in [6.07, 6.45) is -1.62. The first-order valence-electron chi connectivity index (χ1n) is 10.2. The summed E-state index contributed by atoms with van der Waals surface area (Å²) in [6.45, 7) is 1.65. The number of carbonyl (C=O) groups is 3. The van der Waals surface area contributed by atoms with Crippen LogP contribution in [0.1, 0.15) is 28.8 Å². The maximum absolute atomic E-state index is 13.4. The van der Waals surface area contributed by atoms with Crippen molar-refractivity contribution >= 4 is 23.2 Å². The number of hydrogen-bond donors (Lipinski definition) is 7. The lowest BCUT2D eigenvalue weighted by molar-refractivity contribution is -0.162. The van der Waals surface area contributed by atoms with Gasteiger partial charge in [0.25, 0.3) is 5.91 Å². The maximum Gasteiger partial charge on any atom is 0.255 e. The number of aromatic hydroxyl groups is 1. The van der Waals surface area contributed by atoms with Crippen molar-refractivity contribution in [3.05, 3.63) is 45.9 Å². The minimum Gasteiger partial charge on any atom is -0.510 e. The van der Waals surface area contributed by atoms with E-state index in [2.05, 4.69) is 0 Å². The Morgan fingerprint density at radius 3 is 2.30 bits per heavy atom. The molecule has 0 radical (unpaired) electrons. The van der Waals surface area contributed by atoms with Crippen LogP contribution >= 0.6 is 0 Å². The highest BCUT2D eigenvalue weighted by Crippen LogP contribution is 2.55. The second kappa shape index (κ2) is 7.04. The molecule has 0 heterocycles. The van der Waals surface area contributed by atoms with Gasteiger partial charge < -0.3 is 37.0 Å². The highest BCUT2D eigenvalue weighted by Gasteiger charge is 2.67. The molecule has 1 amide bonds. The molecule has 0 spiro atoms. The molecule has 4 rings (SSSR count). The SMILES string of the molecule is CC1c2ccc(N)c(O)c2C(=O)C2=C(O)C3(O)C(=O)C(C(N)=O)=C(O)[C@@H](N(C)C)C3C(O)C21. The van der Waals surface area contributed by atoms with Crippen molar-refractivity contribution < 1.29 is 39.9 Å². The number of primary amides is 1. The summed E-state index contributed by atoms with van der Waals surface area (Å²) in [5, 5.41) is 55.3. The Labute approximate surface area is 188 Å². The Morgan fingerprint density at radius 1 is 1.15 bits per heavy atom. The third-order valence-corrected chi connectivity index (χ3v) is 7.16. The molecule has 0 bridgehead atoms. The molecule has 11 heteroatoms. The molecule has 1 aromatic rings. The minimum absolute atomic E-state index is 0.0916. The Hall–Kier alpha value is -3.41. The van der Waals surface area contributed by atoms with Gasteiger partial charge in [-0.1, -0.05) is 13.0 Å². The van der Waals surface area contributed by atoms with E-state index in [4.69, 9.17) is 11.5 Å². The topological polar surface area (TPSA) is 208 Å².